The molecular formula is C14H12ClF2N. The third-order valence-electron chi connectivity index (χ3n) is 2.58. The molecule has 0 saturated heterocycles. The minimum atomic E-state index is -0.339. The second-order valence-electron chi connectivity index (χ2n) is 3.93. The van der Waals surface area contributed by atoms with Crippen molar-refractivity contribution in [3.8, 4) is 0 Å². The van der Waals surface area contributed by atoms with E-state index in [0.717, 1.165) is 5.56 Å². The molecule has 4 heteroatoms. The van der Waals surface area contributed by atoms with Gasteiger partial charge < -0.3 is 5.32 Å². The minimum Gasteiger partial charge on any atom is -0.308 e. The van der Waals surface area contributed by atoms with E-state index >= 15 is 0 Å². The molecule has 0 saturated carbocycles. The van der Waals surface area contributed by atoms with Crippen LogP contribution in [-0.2, 0) is 13.1 Å². The summed E-state index contributed by atoms with van der Waals surface area (Å²) in [6.45, 7) is 0.768. The largest absolute Gasteiger partial charge is 0.308 e. The smallest absolute Gasteiger partial charge is 0.129 e. The maximum atomic E-state index is 13.5. The average Bonchev–Trinajstić information content (AvgIpc) is 2.33. The van der Waals surface area contributed by atoms with Gasteiger partial charge in [-0.3, -0.25) is 0 Å². The maximum Gasteiger partial charge on any atom is 0.129 e. The van der Waals surface area contributed by atoms with E-state index in [-0.39, 0.29) is 11.6 Å². The van der Waals surface area contributed by atoms with Gasteiger partial charge in [0.2, 0.25) is 0 Å². The Morgan fingerprint density at radius 1 is 1.00 bits per heavy atom. The third kappa shape index (κ3) is 3.28. The minimum absolute atomic E-state index is 0.279. The highest BCUT2D eigenvalue weighted by atomic mass is 35.5. The first-order chi connectivity index (χ1) is 8.66. The van der Waals surface area contributed by atoms with E-state index in [4.69, 9.17) is 11.6 Å². The second kappa shape index (κ2) is 5.94. The lowest BCUT2D eigenvalue weighted by Gasteiger charge is -2.08. The highest BCUT2D eigenvalue weighted by Crippen LogP contribution is 2.18. The van der Waals surface area contributed by atoms with Crippen LogP contribution in [0.2, 0.25) is 5.02 Å². The van der Waals surface area contributed by atoms with Crippen molar-refractivity contribution in [2.24, 2.45) is 0 Å². The first-order valence-corrected chi connectivity index (χ1v) is 5.92. The molecule has 0 aromatic heterocycles. The molecule has 0 fully saturated rings. The van der Waals surface area contributed by atoms with Gasteiger partial charge in [-0.2, -0.15) is 0 Å². The molecule has 0 radical (unpaired) electrons. The van der Waals surface area contributed by atoms with Crippen LogP contribution >= 0.6 is 11.6 Å². The first kappa shape index (κ1) is 13.0. The van der Waals surface area contributed by atoms with Crippen molar-refractivity contribution < 1.29 is 8.78 Å². The van der Waals surface area contributed by atoms with Gasteiger partial charge in [0.1, 0.15) is 11.6 Å². The number of hydrogen-bond donors (Lipinski definition) is 1. The van der Waals surface area contributed by atoms with Crippen molar-refractivity contribution >= 4 is 11.6 Å². The lowest BCUT2D eigenvalue weighted by molar-refractivity contribution is 0.585. The van der Waals surface area contributed by atoms with Crippen LogP contribution < -0.4 is 5.32 Å². The van der Waals surface area contributed by atoms with Crippen molar-refractivity contribution in [1.29, 1.82) is 0 Å². The Hall–Kier alpha value is -1.45. The second-order valence-corrected chi connectivity index (χ2v) is 4.34. The average molecular weight is 268 g/mol. The Labute approximate surface area is 109 Å². The van der Waals surface area contributed by atoms with Gasteiger partial charge in [-0.15, -0.1) is 0 Å². The van der Waals surface area contributed by atoms with E-state index in [1.165, 1.54) is 18.2 Å². The molecule has 0 atom stereocenters. The maximum absolute atomic E-state index is 13.5. The van der Waals surface area contributed by atoms with E-state index in [1.807, 2.05) is 0 Å². The lowest BCUT2D eigenvalue weighted by atomic mass is 10.2. The Morgan fingerprint density at radius 2 is 1.78 bits per heavy atom. The van der Waals surface area contributed by atoms with Crippen LogP contribution in [0.1, 0.15) is 11.1 Å². The fourth-order valence-electron chi connectivity index (χ4n) is 1.68. The fraction of sp³-hybridized carbons (Fsp3) is 0.143. The van der Waals surface area contributed by atoms with Gasteiger partial charge in [0.25, 0.3) is 0 Å². The van der Waals surface area contributed by atoms with Gasteiger partial charge in [-0.1, -0.05) is 29.8 Å². The van der Waals surface area contributed by atoms with Gasteiger partial charge in [-0.05, 0) is 29.8 Å². The van der Waals surface area contributed by atoms with Gasteiger partial charge >= 0.3 is 0 Å². The summed E-state index contributed by atoms with van der Waals surface area (Å²) >= 11 is 5.90. The molecule has 0 aliphatic rings. The molecule has 0 unspecified atom stereocenters. The summed E-state index contributed by atoms with van der Waals surface area (Å²) in [7, 11) is 0. The summed E-state index contributed by atoms with van der Waals surface area (Å²) in [5.74, 6) is -0.618. The molecule has 2 aromatic carbocycles. The predicted molar refractivity (Wildman–Crippen MR) is 68.4 cm³/mol. The number of nitrogens with one attached hydrogen (secondary N) is 1. The van der Waals surface area contributed by atoms with E-state index in [0.29, 0.717) is 23.7 Å². The van der Waals surface area contributed by atoms with Crippen molar-refractivity contribution in [1.82, 2.24) is 5.32 Å². The van der Waals surface area contributed by atoms with Crippen LogP contribution in [-0.4, -0.2) is 0 Å². The quantitative estimate of drug-likeness (QED) is 0.886. The summed E-state index contributed by atoms with van der Waals surface area (Å²) in [4.78, 5) is 0. The Balaban J connectivity index is 1.97. The number of hydrogen-bond acceptors (Lipinski definition) is 1. The molecule has 2 aromatic rings. The molecule has 18 heavy (non-hydrogen) atoms. The predicted octanol–water partition coefficient (Wildman–Crippen LogP) is 3.91. The molecule has 0 bridgehead atoms. The standard InChI is InChI=1S/C14H12ClF2N/c15-13-5-2-6-14(17)12(13)9-18-8-10-3-1-4-11(16)7-10/h1-7,18H,8-9H2. The molecule has 0 spiro atoms. The zero-order chi connectivity index (χ0) is 13.0. The molecule has 94 valence electrons. The van der Waals surface area contributed by atoms with E-state index in [2.05, 4.69) is 5.32 Å². The van der Waals surface area contributed by atoms with Crippen LogP contribution in [0.5, 0.6) is 0 Å². The van der Waals surface area contributed by atoms with Crippen molar-refractivity contribution in [2.45, 2.75) is 13.1 Å². The monoisotopic (exact) mass is 267 g/mol. The summed E-state index contributed by atoms with van der Waals surface area (Å²) in [5, 5.41) is 3.43. The first-order valence-electron chi connectivity index (χ1n) is 5.55. The summed E-state index contributed by atoms with van der Waals surface area (Å²) < 4.78 is 26.4. The molecule has 1 nitrogen and oxygen atoms in total. The summed E-state index contributed by atoms with van der Waals surface area (Å²) in [5.41, 5.74) is 1.23. The molecule has 0 amide bonds. The fourth-order valence-corrected chi connectivity index (χ4v) is 1.91. The van der Waals surface area contributed by atoms with Crippen molar-refractivity contribution in [3.05, 3.63) is 70.2 Å². The van der Waals surface area contributed by atoms with Crippen LogP contribution in [0, 0.1) is 11.6 Å². The van der Waals surface area contributed by atoms with Crippen LogP contribution in [0.4, 0.5) is 8.78 Å². The van der Waals surface area contributed by atoms with Crippen molar-refractivity contribution in [3.63, 3.8) is 0 Å². The molecule has 2 rings (SSSR count). The molecule has 1 N–H and O–H groups in total. The number of halogens is 3. The SMILES string of the molecule is Fc1cccc(CNCc2c(F)cccc2Cl)c1. The summed E-state index contributed by atoms with van der Waals surface area (Å²) in [6.07, 6.45) is 0. The molecule has 0 heterocycles. The Kier molecular flexibility index (Phi) is 4.28. The topological polar surface area (TPSA) is 12.0 Å². The number of benzene rings is 2. The number of rotatable bonds is 4. The van der Waals surface area contributed by atoms with Gasteiger partial charge in [0, 0.05) is 23.7 Å². The van der Waals surface area contributed by atoms with Crippen LogP contribution in [0.3, 0.4) is 0 Å². The lowest BCUT2D eigenvalue weighted by Crippen LogP contribution is -2.14. The zero-order valence-corrected chi connectivity index (χ0v) is 10.3. The highest BCUT2D eigenvalue weighted by molar-refractivity contribution is 6.31. The van der Waals surface area contributed by atoms with Crippen LogP contribution in [0.25, 0.3) is 0 Å². The van der Waals surface area contributed by atoms with E-state index in [9.17, 15) is 8.78 Å². The zero-order valence-electron chi connectivity index (χ0n) is 9.59. The van der Waals surface area contributed by atoms with Gasteiger partial charge in [-0.25, -0.2) is 8.78 Å². The normalized spacial score (nSPS) is 10.6. The van der Waals surface area contributed by atoms with E-state index in [1.54, 1.807) is 24.3 Å². The summed E-state index contributed by atoms with van der Waals surface area (Å²) in [6, 6.07) is 10.8. The van der Waals surface area contributed by atoms with E-state index < -0.39 is 0 Å². The highest BCUT2D eigenvalue weighted by Gasteiger charge is 2.05. The molecule has 0 aliphatic carbocycles. The van der Waals surface area contributed by atoms with Crippen LogP contribution in [0.15, 0.2) is 42.5 Å². The Bertz CT molecular complexity index is 523. The Morgan fingerprint density at radius 3 is 2.50 bits per heavy atom. The van der Waals surface area contributed by atoms with Gasteiger partial charge in [0.15, 0.2) is 0 Å². The van der Waals surface area contributed by atoms with Crippen molar-refractivity contribution in [2.75, 3.05) is 0 Å². The van der Waals surface area contributed by atoms with Gasteiger partial charge in [0.05, 0.1) is 0 Å². The third-order valence-corrected chi connectivity index (χ3v) is 2.94. The molecule has 0 aliphatic heterocycles. The molecular weight excluding hydrogens is 256 g/mol.